The number of methoxy groups -OCH3 is 1. The number of morpholine rings is 1. The summed E-state index contributed by atoms with van der Waals surface area (Å²) in [4.78, 5) is 6.98. The van der Waals surface area contributed by atoms with E-state index in [1.54, 1.807) is 13.4 Å². The van der Waals surface area contributed by atoms with E-state index in [9.17, 15) is 0 Å². The lowest BCUT2D eigenvalue weighted by Crippen LogP contribution is -2.46. The van der Waals surface area contributed by atoms with E-state index >= 15 is 0 Å². The van der Waals surface area contributed by atoms with Crippen LogP contribution in [0.1, 0.15) is 19.5 Å². The third-order valence-corrected chi connectivity index (χ3v) is 3.99. The molecule has 0 aliphatic carbocycles. The van der Waals surface area contributed by atoms with Gasteiger partial charge in [0.15, 0.2) is 0 Å². The van der Waals surface area contributed by atoms with Crippen molar-refractivity contribution in [3.8, 4) is 17.2 Å². The number of benzene rings is 1. The largest absolute Gasteiger partial charge is 0.497 e. The Morgan fingerprint density at radius 3 is 2.77 bits per heavy atom. The van der Waals surface area contributed by atoms with Crippen LogP contribution in [0.15, 0.2) is 34.9 Å². The fourth-order valence-electron chi connectivity index (χ4n) is 2.65. The fraction of sp³-hybridized carbons (Fsp3) is 0.471. The van der Waals surface area contributed by atoms with E-state index in [1.807, 2.05) is 24.3 Å². The molecule has 2 aromatic rings. The van der Waals surface area contributed by atoms with Gasteiger partial charge < -0.3 is 13.9 Å². The van der Waals surface area contributed by atoms with E-state index in [0.717, 1.165) is 36.7 Å². The third-order valence-electron chi connectivity index (χ3n) is 3.99. The quantitative estimate of drug-likeness (QED) is 0.869. The summed E-state index contributed by atoms with van der Waals surface area (Å²) >= 11 is 0. The molecule has 5 heteroatoms. The molecule has 2 heterocycles. The number of hydrogen-bond acceptors (Lipinski definition) is 5. The van der Waals surface area contributed by atoms with Gasteiger partial charge in [0, 0.05) is 24.7 Å². The van der Waals surface area contributed by atoms with Gasteiger partial charge in [0.2, 0.25) is 5.89 Å². The molecule has 5 nitrogen and oxygen atoms in total. The average molecular weight is 302 g/mol. The minimum absolute atomic E-state index is 0.268. The molecule has 3 rings (SSSR count). The molecule has 2 unspecified atom stereocenters. The predicted octanol–water partition coefficient (Wildman–Crippen LogP) is 2.96. The Morgan fingerprint density at radius 2 is 2.05 bits per heavy atom. The Bertz CT molecular complexity index is 609. The summed E-state index contributed by atoms with van der Waals surface area (Å²) in [5.41, 5.74) is 1.90. The first-order valence-electron chi connectivity index (χ1n) is 7.60. The lowest BCUT2D eigenvalue weighted by molar-refractivity contribution is -0.0530. The van der Waals surface area contributed by atoms with Crippen molar-refractivity contribution in [1.82, 2.24) is 9.88 Å². The second kappa shape index (κ2) is 6.50. The third kappa shape index (κ3) is 3.31. The summed E-state index contributed by atoms with van der Waals surface area (Å²) in [7, 11) is 1.66. The zero-order valence-corrected chi connectivity index (χ0v) is 13.3. The highest BCUT2D eigenvalue weighted by Crippen LogP contribution is 2.23. The first kappa shape index (κ1) is 15.1. The van der Waals surface area contributed by atoms with E-state index in [2.05, 4.69) is 23.7 Å². The summed E-state index contributed by atoms with van der Waals surface area (Å²) in [5.74, 6) is 1.47. The zero-order valence-electron chi connectivity index (χ0n) is 13.3. The van der Waals surface area contributed by atoms with E-state index in [-0.39, 0.29) is 6.10 Å². The molecule has 0 amide bonds. The van der Waals surface area contributed by atoms with Gasteiger partial charge in [-0.2, -0.15) is 0 Å². The van der Waals surface area contributed by atoms with Crippen LogP contribution in [-0.2, 0) is 11.3 Å². The number of hydrogen-bond donors (Lipinski definition) is 0. The van der Waals surface area contributed by atoms with E-state index in [4.69, 9.17) is 13.9 Å². The summed E-state index contributed by atoms with van der Waals surface area (Å²) in [6, 6.07) is 8.12. The topological polar surface area (TPSA) is 47.7 Å². The highest BCUT2D eigenvalue weighted by Gasteiger charge is 2.24. The molecule has 22 heavy (non-hydrogen) atoms. The fourth-order valence-corrected chi connectivity index (χ4v) is 2.65. The summed E-state index contributed by atoms with van der Waals surface area (Å²) in [6.07, 6.45) is 2.01. The van der Waals surface area contributed by atoms with Crippen LogP contribution in [0, 0.1) is 0 Å². The molecule has 2 atom stereocenters. The number of aromatic nitrogens is 1. The smallest absolute Gasteiger partial charge is 0.226 e. The van der Waals surface area contributed by atoms with Crippen LogP contribution in [0.2, 0.25) is 0 Å². The van der Waals surface area contributed by atoms with Crippen LogP contribution in [0.3, 0.4) is 0 Å². The Kier molecular flexibility index (Phi) is 4.45. The molecule has 0 N–H and O–H groups in total. The normalized spacial score (nSPS) is 22.7. The molecule has 1 aromatic carbocycles. The first-order chi connectivity index (χ1) is 10.7. The molecule has 0 bridgehead atoms. The SMILES string of the molecule is COc1ccc(-c2nc(CN3CC(C)OCC3C)co2)cc1. The average Bonchev–Trinajstić information content (AvgIpc) is 2.99. The van der Waals surface area contributed by atoms with Gasteiger partial charge in [0.1, 0.15) is 12.0 Å². The van der Waals surface area contributed by atoms with Crippen molar-refractivity contribution in [3.63, 3.8) is 0 Å². The highest BCUT2D eigenvalue weighted by molar-refractivity contribution is 5.54. The van der Waals surface area contributed by atoms with Crippen LogP contribution in [0.5, 0.6) is 5.75 Å². The van der Waals surface area contributed by atoms with Crippen molar-refractivity contribution >= 4 is 0 Å². The van der Waals surface area contributed by atoms with Gasteiger partial charge in [-0.3, -0.25) is 4.90 Å². The Morgan fingerprint density at radius 1 is 1.27 bits per heavy atom. The Hall–Kier alpha value is -1.85. The molecule has 1 fully saturated rings. The van der Waals surface area contributed by atoms with Crippen molar-refractivity contribution in [3.05, 3.63) is 36.2 Å². The van der Waals surface area contributed by atoms with Crippen molar-refractivity contribution in [2.45, 2.75) is 32.5 Å². The van der Waals surface area contributed by atoms with Gasteiger partial charge >= 0.3 is 0 Å². The standard InChI is InChI=1S/C17H22N2O3/c1-12-10-21-13(2)8-19(12)9-15-11-22-17(18-15)14-4-6-16(20-3)7-5-14/h4-7,11-13H,8-10H2,1-3H3. The van der Waals surface area contributed by atoms with Crippen molar-refractivity contribution < 1.29 is 13.9 Å². The van der Waals surface area contributed by atoms with Crippen molar-refractivity contribution in [2.24, 2.45) is 0 Å². The van der Waals surface area contributed by atoms with Crippen LogP contribution in [0.25, 0.3) is 11.5 Å². The molecule has 0 spiro atoms. The minimum Gasteiger partial charge on any atom is -0.497 e. The molecule has 118 valence electrons. The number of rotatable bonds is 4. The van der Waals surface area contributed by atoms with Crippen LogP contribution < -0.4 is 4.74 Å². The van der Waals surface area contributed by atoms with Gasteiger partial charge in [-0.15, -0.1) is 0 Å². The maximum atomic E-state index is 5.66. The Labute approximate surface area is 130 Å². The van der Waals surface area contributed by atoms with Gasteiger partial charge in [-0.25, -0.2) is 4.98 Å². The second-order valence-corrected chi connectivity index (χ2v) is 5.79. The molecular formula is C17H22N2O3. The van der Waals surface area contributed by atoms with Crippen LogP contribution in [0.4, 0.5) is 0 Å². The molecule has 1 aromatic heterocycles. The minimum atomic E-state index is 0.268. The molecule has 1 aliphatic rings. The number of oxazole rings is 1. The monoisotopic (exact) mass is 302 g/mol. The Balaban J connectivity index is 1.70. The first-order valence-corrected chi connectivity index (χ1v) is 7.60. The van der Waals surface area contributed by atoms with E-state index in [0.29, 0.717) is 11.9 Å². The lowest BCUT2D eigenvalue weighted by Gasteiger charge is -2.36. The molecule has 1 saturated heterocycles. The van der Waals surface area contributed by atoms with Crippen molar-refractivity contribution in [1.29, 1.82) is 0 Å². The van der Waals surface area contributed by atoms with Crippen LogP contribution in [-0.4, -0.2) is 42.3 Å². The van der Waals surface area contributed by atoms with E-state index < -0.39 is 0 Å². The summed E-state index contributed by atoms with van der Waals surface area (Å²) in [5, 5.41) is 0. The lowest BCUT2D eigenvalue weighted by atomic mass is 10.2. The number of nitrogens with zero attached hydrogens (tertiary/aromatic N) is 2. The van der Waals surface area contributed by atoms with Crippen LogP contribution >= 0.6 is 0 Å². The van der Waals surface area contributed by atoms with Gasteiger partial charge in [-0.1, -0.05) is 0 Å². The highest BCUT2D eigenvalue weighted by atomic mass is 16.5. The molecule has 0 radical (unpaired) electrons. The molecule has 1 aliphatic heterocycles. The maximum Gasteiger partial charge on any atom is 0.226 e. The number of ether oxygens (including phenoxy) is 2. The molecular weight excluding hydrogens is 280 g/mol. The maximum absolute atomic E-state index is 5.66. The van der Waals surface area contributed by atoms with Gasteiger partial charge in [-0.05, 0) is 38.1 Å². The molecule has 0 saturated carbocycles. The van der Waals surface area contributed by atoms with Gasteiger partial charge in [0.25, 0.3) is 0 Å². The second-order valence-electron chi connectivity index (χ2n) is 5.79. The van der Waals surface area contributed by atoms with Crippen molar-refractivity contribution in [2.75, 3.05) is 20.3 Å². The van der Waals surface area contributed by atoms with E-state index in [1.165, 1.54) is 0 Å². The predicted molar refractivity (Wildman–Crippen MR) is 83.8 cm³/mol. The summed E-state index contributed by atoms with van der Waals surface area (Å²) < 4.78 is 16.4. The van der Waals surface area contributed by atoms with Gasteiger partial charge in [0.05, 0.1) is 25.5 Å². The zero-order chi connectivity index (χ0) is 15.5. The summed E-state index contributed by atoms with van der Waals surface area (Å²) in [6.45, 7) is 6.76.